The highest BCUT2D eigenvalue weighted by molar-refractivity contribution is 5.91. The predicted molar refractivity (Wildman–Crippen MR) is 110 cm³/mol. The van der Waals surface area contributed by atoms with Gasteiger partial charge in [-0.1, -0.05) is 17.7 Å². The molecule has 142 valence electrons. The van der Waals surface area contributed by atoms with Crippen LogP contribution in [0, 0.1) is 13.8 Å². The first-order valence-corrected chi connectivity index (χ1v) is 9.05. The summed E-state index contributed by atoms with van der Waals surface area (Å²) < 4.78 is 2.89. The van der Waals surface area contributed by atoms with Crippen LogP contribution in [-0.2, 0) is 0 Å². The lowest BCUT2D eigenvalue weighted by Crippen LogP contribution is -2.21. The molecule has 29 heavy (non-hydrogen) atoms. The molecule has 5 aromatic rings. The summed E-state index contributed by atoms with van der Waals surface area (Å²) in [6, 6.07) is 12.8. The number of rotatable bonds is 2. The molecule has 1 N–H and O–H groups in total. The number of hydrogen-bond donors (Lipinski definition) is 1. The Balaban J connectivity index is 1.77. The fourth-order valence-electron chi connectivity index (χ4n) is 3.33. The number of benzene rings is 1. The van der Waals surface area contributed by atoms with Crippen molar-refractivity contribution in [3.63, 3.8) is 0 Å². The number of aryl methyl sites for hydroxylation is 2. The molecule has 0 saturated heterocycles. The van der Waals surface area contributed by atoms with Crippen molar-refractivity contribution in [1.82, 2.24) is 29.3 Å². The molecule has 0 saturated carbocycles. The first-order valence-electron chi connectivity index (χ1n) is 9.05. The standard InChI is InChI=1S/C21H16N6O2/c1-12-3-5-14(6-4-12)26-9-7-17-15(19(26)28)11-16-18(23-17)8-10-27(20(16)29)21-22-13(2)24-25-21/h3-11H,1-2H3,(H,22,24,25). The van der Waals surface area contributed by atoms with Gasteiger partial charge in [-0.25, -0.2) is 9.55 Å². The van der Waals surface area contributed by atoms with Crippen LogP contribution in [0.15, 0.2) is 64.4 Å². The molecule has 4 heterocycles. The van der Waals surface area contributed by atoms with E-state index < -0.39 is 0 Å². The molecule has 0 radical (unpaired) electrons. The van der Waals surface area contributed by atoms with Gasteiger partial charge in [0.05, 0.1) is 21.8 Å². The van der Waals surface area contributed by atoms with E-state index in [0.29, 0.717) is 27.6 Å². The summed E-state index contributed by atoms with van der Waals surface area (Å²) in [4.78, 5) is 34.8. The summed E-state index contributed by atoms with van der Waals surface area (Å²) in [5.74, 6) is 0.851. The number of pyridine rings is 3. The Morgan fingerprint density at radius 3 is 2.03 bits per heavy atom. The number of aromatic amines is 1. The van der Waals surface area contributed by atoms with Gasteiger partial charge in [-0.2, -0.15) is 4.98 Å². The van der Waals surface area contributed by atoms with Crippen LogP contribution in [0.1, 0.15) is 11.4 Å². The molecule has 0 aliphatic carbocycles. The minimum Gasteiger partial charge on any atom is -0.284 e. The summed E-state index contributed by atoms with van der Waals surface area (Å²) in [6.07, 6.45) is 3.28. The highest BCUT2D eigenvalue weighted by Gasteiger charge is 2.13. The van der Waals surface area contributed by atoms with Crippen LogP contribution in [0.2, 0.25) is 0 Å². The number of nitrogens with zero attached hydrogens (tertiary/aromatic N) is 5. The maximum Gasteiger partial charge on any atom is 0.267 e. The quantitative estimate of drug-likeness (QED) is 0.471. The van der Waals surface area contributed by atoms with E-state index in [1.54, 1.807) is 42.1 Å². The Kier molecular flexibility index (Phi) is 3.67. The van der Waals surface area contributed by atoms with Crippen LogP contribution >= 0.6 is 0 Å². The Labute approximate surface area is 164 Å². The third-order valence-electron chi connectivity index (χ3n) is 4.86. The van der Waals surface area contributed by atoms with Gasteiger partial charge >= 0.3 is 0 Å². The van der Waals surface area contributed by atoms with E-state index in [1.807, 2.05) is 31.2 Å². The van der Waals surface area contributed by atoms with Gasteiger partial charge in [0, 0.05) is 18.1 Å². The molecule has 0 unspecified atom stereocenters. The smallest absolute Gasteiger partial charge is 0.267 e. The molecule has 0 aliphatic rings. The van der Waals surface area contributed by atoms with E-state index in [0.717, 1.165) is 11.3 Å². The SMILES string of the molecule is Cc1ccc(-n2ccc3nc4ccn(-c5n[nH]c(C)n5)c(=O)c4cc3c2=O)cc1. The number of nitrogens with one attached hydrogen (secondary N) is 1. The Morgan fingerprint density at radius 2 is 1.41 bits per heavy atom. The van der Waals surface area contributed by atoms with Crippen molar-refractivity contribution in [1.29, 1.82) is 0 Å². The minimum absolute atomic E-state index is 0.232. The number of hydrogen-bond acceptors (Lipinski definition) is 5. The van der Waals surface area contributed by atoms with E-state index in [2.05, 4.69) is 20.2 Å². The van der Waals surface area contributed by atoms with E-state index in [9.17, 15) is 9.59 Å². The molecule has 0 amide bonds. The number of aromatic nitrogens is 6. The summed E-state index contributed by atoms with van der Waals surface area (Å²) in [7, 11) is 0. The van der Waals surface area contributed by atoms with Crippen molar-refractivity contribution in [3.8, 4) is 11.6 Å². The van der Waals surface area contributed by atoms with Crippen molar-refractivity contribution >= 4 is 21.8 Å². The molecule has 5 rings (SSSR count). The lowest BCUT2D eigenvalue weighted by atomic mass is 10.1. The zero-order chi connectivity index (χ0) is 20.1. The minimum atomic E-state index is -0.332. The summed E-state index contributed by atoms with van der Waals surface area (Å²) >= 11 is 0. The fourth-order valence-corrected chi connectivity index (χ4v) is 3.33. The molecule has 4 aromatic heterocycles. The van der Waals surface area contributed by atoms with Gasteiger partial charge in [0.2, 0.25) is 0 Å². The number of H-pyrrole nitrogens is 1. The van der Waals surface area contributed by atoms with Crippen molar-refractivity contribution in [2.45, 2.75) is 13.8 Å². The molecule has 1 aromatic carbocycles. The highest BCUT2D eigenvalue weighted by atomic mass is 16.1. The Morgan fingerprint density at radius 1 is 0.793 bits per heavy atom. The second kappa shape index (κ2) is 6.23. The summed E-state index contributed by atoms with van der Waals surface area (Å²) in [5.41, 5.74) is 2.35. The average molecular weight is 384 g/mol. The first-order chi connectivity index (χ1) is 14.0. The Bertz CT molecular complexity index is 1510. The van der Waals surface area contributed by atoms with Gasteiger partial charge < -0.3 is 0 Å². The lowest BCUT2D eigenvalue weighted by molar-refractivity contribution is 0.901. The van der Waals surface area contributed by atoms with Crippen molar-refractivity contribution in [2.24, 2.45) is 0 Å². The van der Waals surface area contributed by atoms with Crippen molar-refractivity contribution in [3.05, 3.63) is 87.0 Å². The topological polar surface area (TPSA) is 98.5 Å². The normalized spacial score (nSPS) is 11.4. The summed E-state index contributed by atoms with van der Waals surface area (Å²) in [6.45, 7) is 3.74. The first kappa shape index (κ1) is 17.1. The fraction of sp³-hybridized carbons (Fsp3) is 0.0952. The van der Waals surface area contributed by atoms with Crippen LogP contribution in [0.3, 0.4) is 0 Å². The molecular formula is C21H16N6O2. The zero-order valence-corrected chi connectivity index (χ0v) is 15.7. The van der Waals surface area contributed by atoms with Gasteiger partial charge in [0.1, 0.15) is 5.82 Å². The molecule has 8 heteroatoms. The van der Waals surface area contributed by atoms with Gasteiger partial charge in [-0.3, -0.25) is 19.3 Å². The molecular weight excluding hydrogens is 368 g/mol. The zero-order valence-electron chi connectivity index (χ0n) is 15.7. The summed E-state index contributed by atoms with van der Waals surface area (Å²) in [5, 5.41) is 7.47. The maximum atomic E-state index is 13.1. The highest BCUT2D eigenvalue weighted by Crippen LogP contribution is 2.16. The van der Waals surface area contributed by atoms with E-state index in [4.69, 9.17) is 0 Å². The van der Waals surface area contributed by atoms with E-state index >= 15 is 0 Å². The molecule has 0 bridgehead atoms. The van der Waals surface area contributed by atoms with Crippen LogP contribution in [0.25, 0.3) is 33.4 Å². The van der Waals surface area contributed by atoms with Crippen LogP contribution in [0.4, 0.5) is 0 Å². The van der Waals surface area contributed by atoms with Gasteiger partial charge in [0.15, 0.2) is 0 Å². The molecule has 0 spiro atoms. The van der Waals surface area contributed by atoms with Crippen LogP contribution < -0.4 is 11.1 Å². The van der Waals surface area contributed by atoms with Gasteiger partial charge in [-0.15, -0.1) is 5.10 Å². The van der Waals surface area contributed by atoms with E-state index in [1.165, 1.54) is 4.57 Å². The van der Waals surface area contributed by atoms with Crippen LogP contribution in [0.5, 0.6) is 0 Å². The third-order valence-corrected chi connectivity index (χ3v) is 4.86. The predicted octanol–water partition coefficient (Wildman–Crippen LogP) is 2.42. The molecule has 8 nitrogen and oxygen atoms in total. The second-order valence-corrected chi connectivity index (χ2v) is 6.89. The average Bonchev–Trinajstić information content (AvgIpc) is 3.15. The van der Waals surface area contributed by atoms with Crippen molar-refractivity contribution in [2.75, 3.05) is 0 Å². The van der Waals surface area contributed by atoms with Gasteiger partial charge in [-0.05, 0) is 44.2 Å². The van der Waals surface area contributed by atoms with Gasteiger partial charge in [0.25, 0.3) is 17.1 Å². The Hall–Kier alpha value is -4.07. The monoisotopic (exact) mass is 384 g/mol. The number of fused-ring (bicyclic) bond motifs is 2. The molecule has 0 aliphatic heterocycles. The molecule has 0 atom stereocenters. The van der Waals surface area contributed by atoms with E-state index in [-0.39, 0.29) is 17.1 Å². The third kappa shape index (κ3) is 2.73. The van der Waals surface area contributed by atoms with Crippen molar-refractivity contribution < 1.29 is 0 Å². The maximum absolute atomic E-state index is 13.1. The molecule has 0 fully saturated rings. The second-order valence-electron chi connectivity index (χ2n) is 6.89. The van der Waals surface area contributed by atoms with Crippen LogP contribution in [-0.4, -0.2) is 29.3 Å². The lowest BCUT2D eigenvalue weighted by Gasteiger charge is -2.09. The largest absolute Gasteiger partial charge is 0.284 e.